The lowest BCUT2D eigenvalue weighted by atomic mass is 10.1. The van der Waals surface area contributed by atoms with Crippen LogP contribution in [-0.4, -0.2) is 50.8 Å². The van der Waals surface area contributed by atoms with Crippen LogP contribution in [0.25, 0.3) is 0 Å². The van der Waals surface area contributed by atoms with Crippen LogP contribution in [0, 0.1) is 6.92 Å². The minimum atomic E-state index is -0.273. The fourth-order valence-electron chi connectivity index (χ4n) is 2.92. The van der Waals surface area contributed by atoms with Crippen LogP contribution in [0.3, 0.4) is 0 Å². The molecule has 1 fully saturated rings. The smallest absolute Gasteiger partial charge is 0.262 e. The van der Waals surface area contributed by atoms with E-state index >= 15 is 0 Å². The molecule has 2 aromatic carbocycles. The van der Waals surface area contributed by atoms with Crippen molar-refractivity contribution < 1.29 is 19.1 Å². The van der Waals surface area contributed by atoms with Gasteiger partial charge in [-0.2, -0.15) is 0 Å². The van der Waals surface area contributed by atoms with E-state index in [1.54, 1.807) is 0 Å². The zero-order valence-electron chi connectivity index (χ0n) is 17.0. The summed E-state index contributed by atoms with van der Waals surface area (Å²) in [4.78, 5) is 24.0. The zero-order valence-corrected chi connectivity index (χ0v) is 17.8. The molecule has 1 heterocycles. The number of anilines is 1. The van der Waals surface area contributed by atoms with Crippen molar-refractivity contribution in [2.75, 3.05) is 38.2 Å². The van der Waals surface area contributed by atoms with Crippen molar-refractivity contribution in [2.24, 2.45) is 0 Å². The number of amides is 2. The molecule has 1 aliphatic heterocycles. The quantitative estimate of drug-likeness (QED) is 0.593. The van der Waals surface area contributed by atoms with Crippen LogP contribution in [0.15, 0.2) is 48.5 Å². The van der Waals surface area contributed by atoms with Gasteiger partial charge in [0.25, 0.3) is 5.91 Å². The van der Waals surface area contributed by atoms with Gasteiger partial charge < -0.3 is 25.4 Å². The van der Waals surface area contributed by atoms with E-state index in [1.165, 1.54) is 0 Å². The van der Waals surface area contributed by atoms with Crippen LogP contribution in [0.5, 0.6) is 5.75 Å². The highest BCUT2D eigenvalue weighted by atomic mass is 35.5. The Kier molecular flexibility index (Phi) is 9.60. The molecule has 1 aliphatic rings. The topological polar surface area (TPSA) is 88.7 Å². The molecule has 0 aliphatic carbocycles. The summed E-state index contributed by atoms with van der Waals surface area (Å²) in [7, 11) is 0. The normalized spacial score (nSPS) is 15.6. The summed E-state index contributed by atoms with van der Waals surface area (Å²) in [6.07, 6.45) is 0.716. The number of halogens is 1. The SMILES string of the molecule is Cc1ccc(NC(=O)COc2ccc(CCNC(=O)C3COCCN3)cc2)cc1.Cl. The number of carbonyl (C=O) groups is 2. The molecule has 7 nitrogen and oxygen atoms in total. The van der Waals surface area contributed by atoms with Gasteiger partial charge in [0.05, 0.1) is 13.2 Å². The fraction of sp³-hybridized carbons (Fsp3) is 0.364. The highest BCUT2D eigenvalue weighted by Crippen LogP contribution is 2.13. The van der Waals surface area contributed by atoms with E-state index in [9.17, 15) is 9.59 Å². The number of aryl methyl sites for hydroxylation is 1. The van der Waals surface area contributed by atoms with Crippen molar-refractivity contribution >= 4 is 29.9 Å². The second kappa shape index (κ2) is 12.2. The Labute approximate surface area is 182 Å². The monoisotopic (exact) mass is 433 g/mol. The van der Waals surface area contributed by atoms with Crippen LogP contribution in [-0.2, 0) is 20.7 Å². The first-order valence-corrected chi connectivity index (χ1v) is 9.77. The van der Waals surface area contributed by atoms with Crippen LogP contribution in [0.4, 0.5) is 5.69 Å². The van der Waals surface area contributed by atoms with Crippen molar-refractivity contribution in [3.05, 3.63) is 59.7 Å². The number of benzene rings is 2. The third-order valence-electron chi connectivity index (χ3n) is 4.58. The highest BCUT2D eigenvalue weighted by molar-refractivity contribution is 5.91. The van der Waals surface area contributed by atoms with Gasteiger partial charge >= 0.3 is 0 Å². The Hall–Kier alpha value is -2.61. The molecule has 0 spiro atoms. The lowest BCUT2D eigenvalue weighted by Gasteiger charge is -2.22. The average Bonchev–Trinajstić information content (AvgIpc) is 2.75. The highest BCUT2D eigenvalue weighted by Gasteiger charge is 2.20. The van der Waals surface area contributed by atoms with Gasteiger partial charge in [-0.05, 0) is 43.2 Å². The number of morpholine rings is 1. The summed E-state index contributed by atoms with van der Waals surface area (Å²) in [5.74, 6) is 0.380. The molecule has 1 unspecified atom stereocenters. The molecular weight excluding hydrogens is 406 g/mol. The summed E-state index contributed by atoms with van der Waals surface area (Å²) in [6.45, 7) is 4.24. The fourth-order valence-corrected chi connectivity index (χ4v) is 2.92. The van der Waals surface area contributed by atoms with E-state index in [-0.39, 0.29) is 36.9 Å². The van der Waals surface area contributed by atoms with Crippen LogP contribution in [0.2, 0.25) is 0 Å². The third kappa shape index (κ3) is 7.67. The number of hydrogen-bond donors (Lipinski definition) is 3. The Morgan fingerprint density at radius 1 is 1.13 bits per heavy atom. The number of hydrogen-bond acceptors (Lipinski definition) is 5. The lowest BCUT2D eigenvalue weighted by Crippen LogP contribution is -2.51. The summed E-state index contributed by atoms with van der Waals surface area (Å²) < 4.78 is 10.8. The van der Waals surface area contributed by atoms with Crippen LogP contribution >= 0.6 is 12.4 Å². The molecule has 3 rings (SSSR count). The summed E-state index contributed by atoms with van der Waals surface area (Å²) in [5, 5.41) is 8.84. The van der Waals surface area contributed by atoms with E-state index in [0.717, 1.165) is 16.8 Å². The summed E-state index contributed by atoms with van der Waals surface area (Å²) in [6, 6.07) is 14.8. The predicted molar refractivity (Wildman–Crippen MR) is 118 cm³/mol. The van der Waals surface area contributed by atoms with E-state index in [1.807, 2.05) is 55.5 Å². The molecule has 3 N–H and O–H groups in total. The van der Waals surface area contributed by atoms with E-state index < -0.39 is 0 Å². The minimum absolute atomic E-state index is 0. The molecule has 0 aromatic heterocycles. The maximum absolute atomic E-state index is 12.0. The maximum atomic E-state index is 12.0. The third-order valence-corrected chi connectivity index (χ3v) is 4.58. The Balaban J connectivity index is 0.00000320. The number of rotatable bonds is 8. The molecule has 0 radical (unpaired) electrons. The number of ether oxygens (including phenoxy) is 2. The van der Waals surface area contributed by atoms with Gasteiger partial charge in [0.15, 0.2) is 6.61 Å². The molecule has 1 saturated heterocycles. The minimum Gasteiger partial charge on any atom is -0.484 e. The molecule has 8 heteroatoms. The van der Waals surface area contributed by atoms with Gasteiger partial charge in [-0.3, -0.25) is 9.59 Å². The second-order valence-corrected chi connectivity index (χ2v) is 6.97. The van der Waals surface area contributed by atoms with E-state index in [4.69, 9.17) is 9.47 Å². The van der Waals surface area contributed by atoms with Gasteiger partial charge in [-0.25, -0.2) is 0 Å². The molecule has 2 aromatic rings. The van der Waals surface area contributed by atoms with Crippen molar-refractivity contribution in [3.63, 3.8) is 0 Å². The zero-order chi connectivity index (χ0) is 20.5. The lowest BCUT2D eigenvalue weighted by molar-refractivity contribution is -0.125. The van der Waals surface area contributed by atoms with Gasteiger partial charge in [0, 0.05) is 18.8 Å². The molecule has 0 bridgehead atoms. The molecule has 162 valence electrons. The van der Waals surface area contributed by atoms with Crippen LogP contribution in [0.1, 0.15) is 11.1 Å². The molecule has 30 heavy (non-hydrogen) atoms. The molecular formula is C22H28ClN3O4. The second-order valence-electron chi connectivity index (χ2n) is 6.97. The molecule has 0 saturated carbocycles. The Morgan fingerprint density at radius 3 is 2.53 bits per heavy atom. The summed E-state index contributed by atoms with van der Waals surface area (Å²) in [5.41, 5.74) is 2.96. The van der Waals surface area contributed by atoms with Crippen LogP contribution < -0.4 is 20.7 Å². The van der Waals surface area contributed by atoms with E-state index in [0.29, 0.717) is 38.5 Å². The van der Waals surface area contributed by atoms with Gasteiger partial charge in [0.1, 0.15) is 11.8 Å². The average molecular weight is 434 g/mol. The maximum Gasteiger partial charge on any atom is 0.262 e. The van der Waals surface area contributed by atoms with Crippen molar-refractivity contribution in [2.45, 2.75) is 19.4 Å². The first-order valence-electron chi connectivity index (χ1n) is 9.77. The van der Waals surface area contributed by atoms with Crippen molar-refractivity contribution in [3.8, 4) is 5.75 Å². The Bertz CT molecular complexity index is 806. The van der Waals surface area contributed by atoms with Gasteiger partial charge in [-0.1, -0.05) is 29.8 Å². The molecule has 1 atom stereocenters. The number of carbonyl (C=O) groups excluding carboxylic acids is 2. The molecule has 2 amide bonds. The van der Waals surface area contributed by atoms with E-state index in [2.05, 4.69) is 16.0 Å². The van der Waals surface area contributed by atoms with Crippen molar-refractivity contribution in [1.82, 2.24) is 10.6 Å². The summed E-state index contributed by atoms with van der Waals surface area (Å²) >= 11 is 0. The van der Waals surface area contributed by atoms with Gasteiger partial charge in [-0.15, -0.1) is 12.4 Å². The number of nitrogens with one attached hydrogen (secondary N) is 3. The Morgan fingerprint density at radius 2 is 1.87 bits per heavy atom. The largest absolute Gasteiger partial charge is 0.484 e. The van der Waals surface area contributed by atoms with Gasteiger partial charge in [0.2, 0.25) is 5.91 Å². The predicted octanol–water partition coefficient (Wildman–Crippen LogP) is 2.08. The standard InChI is InChI=1S/C22H27N3O4.ClH/c1-16-2-6-18(7-3-16)25-21(26)15-29-19-8-4-17(5-9-19)10-11-24-22(27)20-14-28-13-12-23-20;/h2-9,20,23H,10-15H2,1H3,(H,24,27)(H,25,26);1H. The van der Waals surface area contributed by atoms with Crippen molar-refractivity contribution in [1.29, 1.82) is 0 Å². The first-order chi connectivity index (χ1) is 14.1. The first kappa shape index (κ1) is 23.7.